The highest BCUT2D eigenvalue weighted by Crippen LogP contribution is 2.37. The number of hydrogen-bond donors (Lipinski definition) is 1. The quantitative estimate of drug-likeness (QED) is 0.670. The first-order valence-electron chi connectivity index (χ1n) is 6.29. The molecule has 0 saturated carbocycles. The van der Waals surface area contributed by atoms with E-state index in [1.54, 1.807) is 11.4 Å². The van der Waals surface area contributed by atoms with Crippen LogP contribution in [0.3, 0.4) is 0 Å². The fraction of sp³-hybridized carbons (Fsp3) is 0.286. The monoisotopic (exact) mass is 322 g/mol. The number of aromatic carboxylic acids is 1. The lowest BCUT2D eigenvalue weighted by Crippen LogP contribution is -2.20. The number of nitro benzene ring substituents is 1. The van der Waals surface area contributed by atoms with Crippen LogP contribution in [0.15, 0.2) is 23.6 Å². The Hall–Kier alpha value is -2.48. The van der Waals surface area contributed by atoms with E-state index in [0.717, 1.165) is 11.3 Å². The molecule has 0 fully saturated rings. The van der Waals surface area contributed by atoms with Gasteiger partial charge in [-0.2, -0.15) is 0 Å². The van der Waals surface area contributed by atoms with Gasteiger partial charge in [0.25, 0.3) is 0 Å². The van der Waals surface area contributed by atoms with Crippen molar-refractivity contribution in [3.05, 3.63) is 50.0 Å². The second-order valence-electron chi connectivity index (χ2n) is 5.11. The van der Waals surface area contributed by atoms with Crippen molar-refractivity contribution in [1.29, 1.82) is 0 Å². The van der Waals surface area contributed by atoms with Crippen LogP contribution < -0.4 is 4.74 Å². The van der Waals surface area contributed by atoms with E-state index in [-0.39, 0.29) is 16.4 Å². The predicted molar refractivity (Wildman–Crippen MR) is 80.8 cm³/mol. The number of rotatable bonds is 5. The van der Waals surface area contributed by atoms with Crippen molar-refractivity contribution < 1.29 is 19.6 Å². The Bertz CT molecular complexity index is 739. The Labute approximate surface area is 130 Å². The summed E-state index contributed by atoms with van der Waals surface area (Å²) in [5, 5.41) is 21.7. The molecule has 116 valence electrons. The number of nitro groups is 1. The van der Waals surface area contributed by atoms with E-state index in [1.807, 2.05) is 13.8 Å². The molecule has 0 atom stereocenters. The maximum Gasteiger partial charge on any atom is 0.365 e. The molecule has 0 unspecified atom stereocenters. The van der Waals surface area contributed by atoms with Crippen LogP contribution in [0.5, 0.6) is 5.75 Å². The number of methoxy groups -OCH3 is 1. The minimum absolute atomic E-state index is 0.00825. The van der Waals surface area contributed by atoms with Crippen molar-refractivity contribution in [3.8, 4) is 5.75 Å². The Morgan fingerprint density at radius 2 is 2.14 bits per heavy atom. The molecule has 1 heterocycles. The van der Waals surface area contributed by atoms with Gasteiger partial charge >= 0.3 is 11.7 Å². The summed E-state index contributed by atoms with van der Waals surface area (Å²) in [6.07, 6.45) is 0. The number of carboxylic acid groups (broad SMARTS) is 1. The lowest BCUT2D eigenvalue weighted by Gasteiger charge is -2.23. The summed E-state index contributed by atoms with van der Waals surface area (Å²) in [5.41, 5.74) is 0.402. The number of hydrogen-bond acceptors (Lipinski definition) is 6. The third kappa shape index (κ3) is 2.77. The van der Waals surface area contributed by atoms with Crippen molar-refractivity contribution in [1.82, 2.24) is 4.98 Å². The lowest BCUT2D eigenvalue weighted by atomic mass is 9.82. The van der Waals surface area contributed by atoms with E-state index in [1.165, 1.54) is 19.2 Å². The van der Waals surface area contributed by atoms with Crippen molar-refractivity contribution in [3.63, 3.8) is 0 Å². The van der Waals surface area contributed by atoms with Crippen molar-refractivity contribution >= 4 is 23.0 Å². The van der Waals surface area contributed by atoms with Gasteiger partial charge in [-0.3, -0.25) is 10.1 Å². The van der Waals surface area contributed by atoms with Gasteiger partial charge in [0.15, 0.2) is 5.75 Å². The van der Waals surface area contributed by atoms with Crippen molar-refractivity contribution in [2.75, 3.05) is 7.11 Å². The molecule has 0 saturated heterocycles. The molecule has 0 aliphatic rings. The third-order valence-corrected chi connectivity index (χ3v) is 4.26. The van der Waals surface area contributed by atoms with Crippen LogP contribution >= 0.6 is 11.3 Å². The maximum atomic E-state index is 11.1. The highest BCUT2D eigenvalue weighted by Gasteiger charge is 2.29. The van der Waals surface area contributed by atoms with Crippen LogP contribution in [-0.2, 0) is 5.41 Å². The first-order chi connectivity index (χ1) is 10.3. The summed E-state index contributed by atoms with van der Waals surface area (Å²) < 4.78 is 4.98. The summed E-state index contributed by atoms with van der Waals surface area (Å²) in [6, 6.07) is 4.67. The zero-order chi connectivity index (χ0) is 16.5. The van der Waals surface area contributed by atoms with Crippen LogP contribution in [0.1, 0.15) is 34.9 Å². The number of carbonyl (C=O) groups is 1. The van der Waals surface area contributed by atoms with Gasteiger partial charge in [-0.25, -0.2) is 9.78 Å². The van der Waals surface area contributed by atoms with E-state index in [2.05, 4.69) is 4.98 Å². The molecule has 1 N–H and O–H groups in total. The summed E-state index contributed by atoms with van der Waals surface area (Å²) in [6.45, 7) is 3.67. The minimum Gasteiger partial charge on any atom is -0.490 e. The van der Waals surface area contributed by atoms with Gasteiger partial charge in [-0.15, -0.1) is 11.3 Å². The van der Waals surface area contributed by atoms with Gasteiger partial charge in [0.05, 0.1) is 17.7 Å². The zero-order valence-corrected chi connectivity index (χ0v) is 13.0. The minimum atomic E-state index is -1.09. The average Bonchev–Trinajstić information content (AvgIpc) is 2.97. The second-order valence-corrected chi connectivity index (χ2v) is 5.97. The Kier molecular flexibility index (Phi) is 4.14. The van der Waals surface area contributed by atoms with Crippen LogP contribution in [0, 0.1) is 10.1 Å². The summed E-state index contributed by atoms with van der Waals surface area (Å²) in [4.78, 5) is 25.7. The summed E-state index contributed by atoms with van der Waals surface area (Å²) in [7, 11) is 1.37. The topological polar surface area (TPSA) is 103 Å². The SMILES string of the molecule is COc1ccc(C(C)(C)c2csc(C(=O)O)n2)cc1[N+](=O)[O-]. The third-order valence-electron chi connectivity index (χ3n) is 3.42. The van der Waals surface area contributed by atoms with Crippen LogP contribution in [-0.4, -0.2) is 28.1 Å². The highest BCUT2D eigenvalue weighted by molar-refractivity contribution is 7.11. The summed E-state index contributed by atoms with van der Waals surface area (Å²) in [5.74, 6) is -0.915. The van der Waals surface area contributed by atoms with Gasteiger partial charge in [0, 0.05) is 16.9 Å². The van der Waals surface area contributed by atoms with Gasteiger partial charge in [-0.05, 0) is 11.6 Å². The van der Waals surface area contributed by atoms with E-state index in [4.69, 9.17) is 9.84 Å². The molecule has 0 amide bonds. The van der Waals surface area contributed by atoms with Crippen LogP contribution in [0.2, 0.25) is 0 Å². The largest absolute Gasteiger partial charge is 0.490 e. The number of aromatic nitrogens is 1. The molecule has 2 rings (SSSR count). The molecular weight excluding hydrogens is 308 g/mol. The molecule has 8 heteroatoms. The Morgan fingerprint density at radius 1 is 1.45 bits per heavy atom. The van der Waals surface area contributed by atoms with Crippen LogP contribution in [0.25, 0.3) is 0 Å². The normalized spacial score (nSPS) is 11.2. The second kappa shape index (κ2) is 5.72. The van der Waals surface area contributed by atoms with Gasteiger partial charge in [0.1, 0.15) is 0 Å². The summed E-state index contributed by atoms with van der Waals surface area (Å²) >= 11 is 1.03. The van der Waals surface area contributed by atoms with Gasteiger partial charge < -0.3 is 9.84 Å². The lowest BCUT2D eigenvalue weighted by molar-refractivity contribution is -0.385. The molecular formula is C14H14N2O5S. The predicted octanol–water partition coefficient (Wildman–Crippen LogP) is 3.08. The van der Waals surface area contributed by atoms with Gasteiger partial charge in [-0.1, -0.05) is 19.9 Å². The van der Waals surface area contributed by atoms with E-state index in [0.29, 0.717) is 11.3 Å². The number of nitrogens with zero attached hydrogens (tertiary/aromatic N) is 2. The molecule has 0 bridgehead atoms. The molecule has 1 aromatic heterocycles. The zero-order valence-electron chi connectivity index (χ0n) is 12.2. The van der Waals surface area contributed by atoms with Gasteiger partial charge in [0.2, 0.25) is 5.01 Å². The molecule has 2 aromatic rings. The molecule has 1 aromatic carbocycles. The number of benzene rings is 1. The maximum absolute atomic E-state index is 11.1. The number of ether oxygens (including phenoxy) is 1. The standard InChI is InChI=1S/C14H14N2O5S/c1-14(2,11-7-22-12(15-11)13(17)18)8-4-5-10(21-3)9(6-8)16(19)20/h4-7H,1-3H3,(H,17,18). The average molecular weight is 322 g/mol. The fourth-order valence-electron chi connectivity index (χ4n) is 2.03. The molecule has 7 nitrogen and oxygen atoms in total. The number of thiazole rings is 1. The van der Waals surface area contributed by atoms with Crippen molar-refractivity contribution in [2.24, 2.45) is 0 Å². The molecule has 0 spiro atoms. The fourth-order valence-corrected chi connectivity index (χ4v) is 2.85. The molecule has 0 radical (unpaired) electrons. The Balaban J connectivity index is 2.50. The van der Waals surface area contributed by atoms with Crippen molar-refractivity contribution in [2.45, 2.75) is 19.3 Å². The van der Waals surface area contributed by atoms with Crippen LogP contribution in [0.4, 0.5) is 5.69 Å². The molecule has 0 aliphatic carbocycles. The number of carboxylic acids is 1. The van der Waals surface area contributed by atoms with E-state index >= 15 is 0 Å². The Morgan fingerprint density at radius 3 is 2.64 bits per heavy atom. The molecule has 22 heavy (non-hydrogen) atoms. The first-order valence-corrected chi connectivity index (χ1v) is 7.17. The smallest absolute Gasteiger partial charge is 0.365 e. The first kappa shape index (κ1) is 15.9. The molecule has 0 aliphatic heterocycles. The van der Waals surface area contributed by atoms with E-state index in [9.17, 15) is 14.9 Å². The van der Waals surface area contributed by atoms with E-state index < -0.39 is 16.3 Å². The highest BCUT2D eigenvalue weighted by atomic mass is 32.1.